The highest BCUT2D eigenvalue weighted by atomic mass is 35.5. The fourth-order valence-electron chi connectivity index (χ4n) is 4.50. The Kier molecular flexibility index (Phi) is 5.73. The lowest BCUT2D eigenvalue weighted by molar-refractivity contribution is 0.104. The predicted octanol–water partition coefficient (Wildman–Crippen LogP) is 2.84. The van der Waals surface area contributed by atoms with Crippen LogP contribution in [-0.4, -0.2) is 65.9 Å². The standard InChI is InChI=1S/C20H22ClF3N6O2S/c21-11-7-25-16(26-8-11)12-2-5-30(9-13(12)22)18-27-14-6-20(23,24)33(32)15(14)17(28-18)29-19(10-31)3-1-4-19/h7-8,12-13,31H,1-6,9-10H2,(H,27,28,29)/t12?,13?,33-/m0/s1. The van der Waals surface area contributed by atoms with Crippen molar-refractivity contribution in [1.29, 1.82) is 0 Å². The second kappa shape index (κ2) is 8.31. The highest BCUT2D eigenvalue weighted by Gasteiger charge is 2.50. The quantitative estimate of drug-likeness (QED) is 0.643. The van der Waals surface area contributed by atoms with Gasteiger partial charge in [0, 0.05) is 18.9 Å². The van der Waals surface area contributed by atoms with Gasteiger partial charge in [-0.25, -0.2) is 23.6 Å². The molecule has 2 aromatic rings. The maximum absolute atomic E-state index is 15.1. The molecule has 3 aliphatic rings. The van der Waals surface area contributed by atoms with Gasteiger partial charge in [0.25, 0.3) is 0 Å². The number of aromatic nitrogens is 4. The molecule has 2 fully saturated rings. The minimum Gasteiger partial charge on any atom is -0.394 e. The van der Waals surface area contributed by atoms with Gasteiger partial charge in [-0.05, 0) is 25.7 Å². The van der Waals surface area contributed by atoms with Crippen molar-refractivity contribution in [3.63, 3.8) is 0 Å². The molecule has 0 amide bonds. The summed E-state index contributed by atoms with van der Waals surface area (Å²) in [5.74, 6) is -0.0574. The van der Waals surface area contributed by atoms with Crippen LogP contribution < -0.4 is 10.2 Å². The van der Waals surface area contributed by atoms with Crippen LogP contribution in [0.3, 0.4) is 0 Å². The largest absolute Gasteiger partial charge is 0.394 e. The van der Waals surface area contributed by atoms with E-state index < -0.39 is 40.1 Å². The molecular formula is C20H22ClF3N6O2S. The zero-order chi connectivity index (χ0) is 23.4. The van der Waals surface area contributed by atoms with Crippen LogP contribution in [0.4, 0.5) is 24.9 Å². The van der Waals surface area contributed by atoms with Crippen molar-refractivity contribution in [2.75, 3.05) is 29.9 Å². The Hall–Kier alpha value is -2.05. The van der Waals surface area contributed by atoms with Crippen LogP contribution in [0.1, 0.15) is 43.1 Å². The number of nitrogens with one attached hydrogen (secondary N) is 1. The second-order valence-corrected chi connectivity index (χ2v) is 10.7. The maximum Gasteiger partial charge on any atom is 0.331 e. The third kappa shape index (κ3) is 4.06. The van der Waals surface area contributed by atoms with Crippen LogP contribution in [0.5, 0.6) is 0 Å². The first-order valence-corrected chi connectivity index (χ1v) is 12.2. The van der Waals surface area contributed by atoms with E-state index in [1.807, 2.05) is 0 Å². The number of fused-ring (bicyclic) bond motifs is 1. The number of halogens is 4. The molecule has 2 N–H and O–H groups in total. The van der Waals surface area contributed by atoms with Gasteiger partial charge in [-0.15, -0.1) is 0 Å². The maximum atomic E-state index is 15.1. The SMILES string of the molecule is O=[S@]1c2c(nc(N3CCC(c4ncc(Cl)cn4)C(F)C3)nc2NC2(CO)CCC2)CC1(F)F. The van der Waals surface area contributed by atoms with Crippen molar-refractivity contribution < 1.29 is 22.5 Å². The van der Waals surface area contributed by atoms with Crippen molar-refractivity contribution in [3.8, 4) is 0 Å². The van der Waals surface area contributed by atoms with E-state index in [1.54, 1.807) is 4.90 Å². The molecule has 1 saturated heterocycles. The lowest BCUT2D eigenvalue weighted by Crippen LogP contribution is -2.49. The molecule has 4 heterocycles. The van der Waals surface area contributed by atoms with Gasteiger partial charge < -0.3 is 15.3 Å². The first-order chi connectivity index (χ1) is 15.7. The van der Waals surface area contributed by atoms with Crippen LogP contribution >= 0.6 is 11.6 Å². The number of anilines is 2. The lowest BCUT2D eigenvalue weighted by Gasteiger charge is -2.42. The van der Waals surface area contributed by atoms with Crippen LogP contribution in [-0.2, 0) is 17.2 Å². The molecule has 178 valence electrons. The van der Waals surface area contributed by atoms with Crippen molar-refractivity contribution in [3.05, 3.63) is 28.9 Å². The molecule has 2 aromatic heterocycles. The van der Waals surface area contributed by atoms with Crippen molar-refractivity contribution >= 4 is 34.2 Å². The van der Waals surface area contributed by atoms with Crippen molar-refractivity contribution in [2.45, 2.75) is 59.9 Å². The van der Waals surface area contributed by atoms with E-state index in [0.717, 1.165) is 6.42 Å². The van der Waals surface area contributed by atoms with Crippen molar-refractivity contribution in [2.24, 2.45) is 0 Å². The van der Waals surface area contributed by atoms with Gasteiger partial charge in [0.2, 0.25) is 5.95 Å². The first-order valence-electron chi connectivity index (χ1n) is 10.7. The number of piperidine rings is 1. The number of hydrogen-bond donors (Lipinski definition) is 2. The summed E-state index contributed by atoms with van der Waals surface area (Å²) in [6.45, 7) is 0.0859. The molecule has 33 heavy (non-hydrogen) atoms. The van der Waals surface area contributed by atoms with Crippen LogP contribution in [0, 0.1) is 0 Å². The third-order valence-electron chi connectivity index (χ3n) is 6.55. The molecule has 1 aliphatic carbocycles. The molecule has 5 rings (SSSR count). The first kappa shape index (κ1) is 22.7. The van der Waals surface area contributed by atoms with Gasteiger partial charge in [-0.2, -0.15) is 13.8 Å². The molecule has 0 aromatic carbocycles. The summed E-state index contributed by atoms with van der Waals surface area (Å²) in [4.78, 5) is 18.3. The number of rotatable bonds is 5. The number of hydrogen-bond acceptors (Lipinski definition) is 8. The Morgan fingerprint density at radius 2 is 2.00 bits per heavy atom. The van der Waals surface area contributed by atoms with Crippen LogP contribution in [0.15, 0.2) is 17.3 Å². The minimum absolute atomic E-state index is 0.0168. The average Bonchev–Trinajstić information content (AvgIpc) is 2.99. The van der Waals surface area contributed by atoms with Crippen LogP contribution in [0.25, 0.3) is 0 Å². The second-order valence-electron chi connectivity index (χ2n) is 8.76. The van der Waals surface area contributed by atoms with E-state index >= 15 is 4.39 Å². The van der Waals surface area contributed by atoms with Gasteiger partial charge in [0.1, 0.15) is 33.5 Å². The molecule has 2 aliphatic heterocycles. The summed E-state index contributed by atoms with van der Waals surface area (Å²) in [6, 6.07) is 0. The predicted molar refractivity (Wildman–Crippen MR) is 116 cm³/mol. The van der Waals surface area contributed by atoms with E-state index in [2.05, 4.69) is 25.3 Å². The molecule has 1 saturated carbocycles. The summed E-state index contributed by atoms with van der Waals surface area (Å²) >= 11 is 5.81. The monoisotopic (exact) mass is 502 g/mol. The van der Waals surface area contributed by atoms with E-state index in [4.69, 9.17) is 11.6 Å². The van der Waals surface area contributed by atoms with Gasteiger partial charge in [0.05, 0.1) is 41.7 Å². The molecule has 0 spiro atoms. The fourth-order valence-corrected chi connectivity index (χ4v) is 5.77. The Bertz CT molecular complexity index is 1080. The van der Waals surface area contributed by atoms with E-state index in [0.29, 0.717) is 36.7 Å². The molecule has 2 unspecified atom stereocenters. The van der Waals surface area contributed by atoms with Gasteiger partial charge in [-0.3, -0.25) is 0 Å². The topological polar surface area (TPSA) is 104 Å². The summed E-state index contributed by atoms with van der Waals surface area (Å²) in [5.41, 5.74) is -0.708. The molecule has 0 radical (unpaired) electrons. The Morgan fingerprint density at radius 3 is 2.61 bits per heavy atom. The summed E-state index contributed by atoms with van der Waals surface area (Å²) < 4.78 is 56.1. The van der Waals surface area contributed by atoms with Gasteiger partial charge in [-0.1, -0.05) is 11.6 Å². The van der Waals surface area contributed by atoms with Gasteiger partial charge >= 0.3 is 5.25 Å². The number of aliphatic hydroxyl groups excluding tert-OH is 1. The summed E-state index contributed by atoms with van der Waals surface area (Å²) in [5, 5.41) is 9.77. The minimum atomic E-state index is -3.46. The van der Waals surface area contributed by atoms with E-state index in [1.165, 1.54) is 12.4 Å². The lowest BCUT2D eigenvalue weighted by atomic mass is 9.77. The number of nitrogens with zero attached hydrogens (tertiary/aromatic N) is 5. The average molecular weight is 503 g/mol. The normalized spacial score (nSPS) is 27.7. The van der Waals surface area contributed by atoms with E-state index in [-0.39, 0.29) is 35.5 Å². The Labute approximate surface area is 195 Å². The molecule has 8 nitrogen and oxygen atoms in total. The highest BCUT2D eigenvalue weighted by molar-refractivity contribution is 7.86. The summed E-state index contributed by atoms with van der Waals surface area (Å²) in [6.07, 6.45) is 3.24. The molecule has 3 atom stereocenters. The zero-order valence-electron chi connectivity index (χ0n) is 17.5. The Morgan fingerprint density at radius 1 is 1.27 bits per heavy atom. The fraction of sp³-hybridized carbons (Fsp3) is 0.600. The molecule has 0 bridgehead atoms. The number of aliphatic hydroxyl groups is 1. The van der Waals surface area contributed by atoms with Gasteiger partial charge in [0.15, 0.2) is 0 Å². The van der Waals surface area contributed by atoms with Crippen molar-refractivity contribution in [1.82, 2.24) is 19.9 Å². The molecule has 13 heteroatoms. The third-order valence-corrected chi connectivity index (χ3v) is 8.23. The smallest absolute Gasteiger partial charge is 0.331 e. The molecular weight excluding hydrogens is 481 g/mol. The van der Waals surface area contributed by atoms with Crippen LogP contribution in [0.2, 0.25) is 5.02 Å². The zero-order valence-corrected chi connectivity index (χ0v) is 19.1. The van der Waals surface area contributed by atoms with E-state index in [9.17, 15) is 18.1 Å². The number of alkyl halides is 3. The summed E-state index contributed by atoms with van der Waals surface area (Å²) in [7, 11) is -2.61. The Balaban J connectivity index is 1.44. The highest BCUT2D eigenvalue weighted by Crippen LogP contribution is 2.44.